The summed E-state index contributed by atoms with van der Waals surface area (Å²) in [6.45, 7) is 4.15. The van der Waals surface area contributed by atoms with Gasteiger partial charge < -0.3 is 24.1 Å². The molecule has 0 radical (unpaired) electrons. The maximum absolute atomic E-state index is 9.84. The van der Waals surface area contributed by atoms with Crippen LogP contribution in [0, 0.1) is 0 Å². The predicted molar refractivity (Wildman–Crippen MR) is 44.4 cm³/mol. The normalized spacial score (nSPS) is 54.6. The van der Waals surface area contributed by atoms with Gasteiger partial charge in [0.15, 0.2) is 12.1 Å². The highest BCUT2D eigenvalue weighted by Crippen LogP contribution is 2.40. The fourth-order valence-electron chi connectivity index (χ4n) is 2.32. The first kappa shape index (κ1) is 9.06. The van der Waals surface area contributed by atoms with Crippen molar-refractivity contribution in [3.05, 3.63) is 0 Å². The molecule has 1 N–H and O–H groups in total. The molecule has 3 fully saturated rings. The molecule has 0 unspecified atom stereocenters. The standard InChI is InChI=1S/C9H14O5/c1-9(2)13-6-4-3-11-8(12-4)5(10)7(6)14-9/h4-8,10H,3H2,1-2H3/t4-,5+,6-,7+,8-/m1/s1. The lowest BCUT2D eigenvalue weighted by molar-refractivity contribution is -0.204. The SMILES string of the molecule is CC1(C)O[C@H]2[C@H](O)[C@@H]3OC[C@@H](O3)[C@H]2O1. The van der Waals surface area contributed by atoms with Crippen molar-refractivity contribution in [3.63, 3.8) is 0 Å². The molecule has 5 atom stereocenters. The summed E-state index contributed by atoms with van der Waals surface area (Å²) < 4.78 is 22.0. The van der Waals surface area contributed by atoms with Crippen molar-refractivity contribution in [1.82, 2.24) is 0 Å². The van der Waals surface area contributed by atoms with Gasteiger partial charge in [-0.25, -0.2) is 0 Å². The number of hydrogen-bond donors (Lipinski definition) is 1. The van der Waals surface area contributed by atoms with Crippen LogP contribution in [0.3, 0.4) is 0 Å². The fourth-order valence-corrected chi connectivity index (χ4v) is 2.32. The highest BCUT2D eigenvalue weighted by atomic mass is 16.8. The highest BCUT2D eigenvalue weighted by Gasteiger charge is 2.57. The third-order valence-corrected chi connectivity index (χ3v) is 2.88. The van der Waals surface area contributed by atoms with Crippen molar-refractivity contribution in [2.45, 2.75) is 50.3 Å². The van der Waals surface area contributed by atoms with Gasteiger partial charge in [-0.3, -0.25) is 0 Å². The first-order valence-corrected chi connectivity index (χ1v) is 4.88. The average Bonchev–Trinajstić information content (AvgIpc) is 2.64. The van der Waals surface area contributed by atoms with Crippen LogP contribution < -0.4 is 0 Å². The van der Waals surface area contributed by atoms with Crippen LogP contribution in [0.4, 0.5) is 0 Å². The van der Waals surface area contributed by atoms with Gasteiger partial charge in [-0.15, -0.1) is 0 Å². The summed E-state index contributed by atoms with van der Waals surface area (Å²) >= 11 is 0. The lowest BCUT2D eigenvalue weighted by atomic mass is 10.0. The largest absolute Gasteiger partial charge is 0.385 e. The van der Waals surface area contributed by atoms with Crippen LogP contribution in [0.5, 0.6) is 0 Å². The molecule has 0 aromatic heterocycles. The summed E-state index contributed by atoms with van der Waals surface area (Å²) in [6, 6.07) is 0. The Morgan fingerprint density at radius 3 is 2.71 bits per heavy atom. The molecule has 3 aliphatic heterocycles. The third-order valence-electron chi connectivity index (χ3n) is 2.88. The second kappa shape index (κ2) is 2.68. The number of aliphatic hydroxyl groups excluding tert-OH is 1. The van der Waals surface area contributed by atoms with Gasteiger partial charge in [0.1, 0.15) is 24.4 Å². The highest BCUT2D eigenvalue weighted by molar-refractivity contribution is 4.99. The molecule has 0 aliphatic carbocycles. The van der Waals surface area contributed by atoms with Gasteiger partial charge in [-0.2, -0.15) is 0 Å². The van der Waals surface area contributed by atoms with Crippen LogP contribution in [0.15, 0.2) is 0 Å². The molecule has 3 heterocycles. The first-order valence-electron chi connectivity index (χ1n) is 4.88. The van der Waals surface area contributed by atoms with E-state index in [2.05, 4.69) is 0 Å². The molecule has 0 amide bonds. The molecule has 2 bridgehead atoms. The van der Waals surface area contributed by atoms with Gasteiger partial charge >= 0.3 is 0 Å². The Bertz CT molecular complexity index is 246. The smallest absolute Gasteiger partial charge is 0.186 e. The Kier molecular flexibility index (Phi) is 1.73. The molecule has 5 heteroatoms. The van der Waals surface area contributed by atoms with Crippen molar-refractivity contribution in [2.24, 2.45) is 0 Å². The second-order valence-corrected chi connectivity index (χ2v) is 4.43. The number of aliphatic hydroxyl groups is 1. The Morgan fingerprint density at radius 1 is 1.21 bits per heavy atom. The van der Waals surface area contributed by atoms with E-state index in [-0.39, 0.29) is 18.3 Å². The molecular formula is C9H14O5. The van der Waals surface area contributed by atoms with Crippen LogP contribution >= 0.6 is 0 Å². The van der Waals surface area contributed by atoms with E-state index in [9.17, 15) is 5.11 Å². The van der Waals surface area contributed by atoms with E-state index >= 15 is 0 Å². The number of fused-ring (bicyclic) bond motifs is 4. The van der Waals surface area contributed by atoms with Gasteiger partial charge in [0, 0.05) is 0 Å². The fraction of sp³-hybridized carbons (Fsp3) is 1.00. The van der Waals surface area contributed by atoms with E-state index in [4.69, 9.17) is 18.9 Å². The van der Waals surface area contributed by atoms with Crippen LogP contribution in [0.1, 0.15) is 13.8 Å². The summed E-state index contributed by atoms with van der Waals surface area (Å²) in [6.07, 6.45) is -1.93. The maximum atomic E-state index is 9.84. The van der Waals surface area contributed by atoms with Crippen molar-refractivity contribution < 1.29 is 24.1 Å². The Morgan fingerprint density at radius 2 is 1.93 bits per heavy atom. The van der Waals surface area contributed by atoms with E-state index in [1.165, 1.54) is 0 Å². The lowest BCUT2D eigenvalue weighted by Gasteiger charge is -2.31. The molecule has 3 aliphatic rings. The first-order chi connectivity index (χ1) is 6.57. The third kappa shape index (κ3) is 1.14. The Hall–Kier alpha value is -0.200. The lowest BCUT2D eigenvalue weighted by Crippen LogP contribution is -2.52. The van der Waals surface area contributed by atoms with Gasteiger partial charge in [-0.1, -0.05) is 0 Å². The van der Waals surface area contributed by atoms with Crippen LogP contribution in [0.25, 0.3) is 0 Å². The zero-order chi connectivity index (χ0) is 9.92. The van der Waals surface area contributed by atoms with Gasteiger partial charge in [-0.05, 0) is 13.8 Å². The zero-order valence-corrected chi connectivity index (χ0v) is 8.17. The summed E-state index contributed by atoms with van der Waals surface area (Å²) in [5.41, 5.74) is 0. The van der Waals surface area contributed by atoms with Crippen molar-refractivity contribution >= 4 is 0 Å². The summed E-state index contributed by atoms with van der Waals surface area (Å²) in [5, 5.41) is 9.84. The van der Waals surface area contributed by atoms with Crippen LogP contribution in [-0.2, 0) is 18.9 Å². The predicted octanol–water partition coefficient (Wildman–Crippen LogP) is -0.378. The Labute approximate surface area is 81.9 Å². The topological polar surface area (TPSA) is 57.2 Å². The molecule has 3 rings (SSSR count). The zero-order valence-electron chi connectivity index (χ0n) is 8.17. The number of hydrogen-bond acceptors (Lipinski definition) is 5. The van der Waals surface area contributed by atoms with E-state index < -0.39 is 18.2 Å². The van der Waals surface area contributed by atoms with Crippen molar-refractivity contribution in [2.75, 3.05) is 6.61 Å². The number of rotatable bonds is 0. The van der Waals surface area contributed by atoms with E-state index in [1.54, 1.807) is 0 Å². The van der Waals surface area contributed by atoms with Crippen LogP contribution in [-0.4, -0.2) is 48.2 Å². The maximum Gasteiger partial charge on any atom is 0.186 e. The van der Waals surface area contributed by atoms with Crippen molar-refractivity contribution in [3.8, 4) is 0 Å². The molecule has 80 valence electrons. The van der Waals surface area contributed by atoms with Gasteiger partial charge in [0.05, 0.1) is 6.61 Å². The van der Waals surface area contributed by atoms with Crippen molar-refractivity contribution in [1.29, 1.82) is 0 Å². The molecule has 5 nitrogen and oxygen atoms in total. The second-order valence-electron chi connectivity index (χ2n) is 4.43. The van der Waals surface area contributed by atoms with Gasteiger partial charge in [0.25, 0.3) is 0 Å². The minimum atomic E-state index is -0.750. The molecule has 14 heavy (non-hydrogen) atoms. The van der Waals surface area contributed by atoms with E-state index in [0.29, 0.717) is 6.61 Å². The molecule has 0 aromatic rings. The molecule has 0 spiro atoms. The minimum absolute atomic E-state index is 0.102. The monoisotopic (exact) mass is 202 g/mol. The average molecular weight is 202 g/mol. The van der Waals surface area contributed by atoms with Crippen LogP contribution in [0.2, 0.25) is 0 Å². The number of ether oxygens (including phenoxy) is 4. The molecular weight excluding hydrogens is 188 g/mol. The summed E-state index contributed by atoms with van der Waals surface area (Å²) in [5.74, 6) is -0.635. The Balaban J connectivity index is 1.88. The van der Waals surface area contributed by atoms with E-state index in [0.717, 1.165) is 0 Å². The molecule has 0 saturated carbocycles. The summed E-state index contributed by atoms with van der Waals surface area (Å²) in [4.78, 5) is 0. The minimum Gasteiger partial charge on any atom is -0.385 e. The molecule has 0 aromatic carbocycles. The van der Waals surface area contributed by atoms with E-state index in [1.807, 2.05) is 13.8 Å². The quantitative estimate of drug-likeness (QED) is 0.580. The summed E-state index contributed by atoms with van der Waals surface area (Å²) in [7, 11) is 0. The molecule has 3 saturated heterocycles. The van der Waals surface area contributed by atoms with Gasteiger partial charge in [0.2, 0.25) is 0 Å².